The minimum absolute atomic E-state index is 0.379. The van der Waals surface area contributed by atoms with Crippen molar-refractivity contribution in [2.24, 2.45) is 0 Å². The molecule has 0 bridgehead atoms. The molecule has 1 aromatic rings. The highest BCUT2D eigenvalue weighted by Crippen LogP contribution is 2.19. The molecule has 0 aliphatic carbocycles. The topological polar surface area (TPSA) is 24.5 Å². The number of thiophene rings is 1. The van der Waals surface area contributed by atoms with Gasteiger partial charge in [-0.25, -0.2) is 0 Å². The summed E-state index contributed by atoms with van der Waals surface area (Å²) < 4.78 is 5.57. The molecule has 0 saturated carbocycles. The number of morpholine rings is 1. The first-order valence-corrected chi connectivity index (χ1v) is 7.72. The summed E-state index contributed by atoms with van der Waals surface area (Å²) in [5.41, 5.74) is 0. The maximum Gasteiger partial charge on any atom is 0.0674 e. The molecule has 1 aliphatic rings. The molecule has 1 fully saturated rings. The third-order valence-corrected chi connectivity index (χ3v) is 4.22. The van der Waals surface area contributed by atoms with Crippen LogP contribution in [-0.4, -0.2) is 37.2 Å². The smallest absolute Gasteiger partial charge is 0.0674 e. The number of nitrogens with zero attached hydrogens (tertiary/aromatic N) is 1. The fourth-order valence-corrected chi connectivity index (χ4v) is 3.28. The molecular formula is C14H24N2OS. The fourth-order valence-electron chi connectivity index (χ4n) is 2.25. The van der Waals surface area contributed by atoms with Gasteiger partial charge >= 0.3 is 0 Å². The standard InChI is InChI=1S/C14H24N2OS/c1-3-6-15-9-13-4-5-14(18-13)11-16-7-8-17-12(2)10-16/h4-5,12,15H,3,6-11H2,1-2H3. The van der Waals surface area contributed by atoms with Gasteiger partial charge in [0.1, 0.15) is 0 Å². The number of ether oxygens (including phenoxy) is 1. The Morgan fingerprint density at radius 1 is 1.44 bits per heavy atom. The van der Waals surface area contributed by atoms with E-state index in [9.17, 15) is 0 Å². The molecule has 1 saturated heterocycles. The van der Waals surface area contributed by atoms with Crippen molar-refractivity contribution in [2.45, 2.75) is 39.5 Å². The molecule has 18 heavy (non-hydrogen) atoms. The van der Waals surface area contributed by atoms with Gasteiger partial charge in [-0.3, -0.25) is 4.90 Å². The van der Waals surface area contributed by atoms with Crippen LogP contribution in [0.1, 0.15) is 30.0 Å². The van der Waals surface area contributed by atoms with Crippen LogP contribution in [-0.2, 0) is 17.8 Å². The second kappa shape index (κ2) is 7.24. The van der Waals surface area contributed by atoms with Gasteiger partial charge in [-0.05, 0) is 32.0 Å². The van der Waals surface area contributed by atoms with E-state index >= 15 is 0 Å². The maximum atomic E-state index is 5.57. The van der Waals surface area contributed by atoms with E-state index in [-0.39, 0.29) is 0 Å². The molecular weight excluding hydrogens is 244 g/mol. The molecule has 2 rings (SSSR count). The van der Waals surface area contributed by atoms with E-state index < -0.39 is 0 Å². The Kier molecular flexibility index (Phi) is 5.63. The van der Waals surface area contributed by atoms with Crippen molar-refractivity contribution in [2.75, 3.05) is 26.2 Å². The highest BCUT2D eigenvalue weighted by molar-refractivity contribution is 7.11. The highest BCUT2D eigenvalue weighted by Gasteiger charge is 2.17. The van der Waals surface area contributed by atoms with Crippen molar-refractivity contribution in [3.63, 3.8) is 0 Å². The summed E-state index contributed by atoms with van der Waals surface area (Å²) in [5.74, 6) is 0. The molecule has 0 radical (unpaired) electrons. The minimum Gasteiger partial charge on any atom is -0.376 e. The highest BCUT2D eigenvalue weighted by atomic mass is 32.1. The van der Waals surface area contributed by atoms with Crippen LogP contribution in [0.15, 0.2) is 12.1 Å². The summed E-state index contributed by atoms with van der Waals surface area (Å²) >= 11 is 1.93. The molecule has 1 atom stereocenters. The van der Waals surface area contributed by atoms with Crippen molar-refractivity contribution >= 4 is 11.3 Å². The van der Waals surface area contributed by atoms with Gasteiger partial charge < -0.3 is 10.1 Å². The third kappa shape index (κ3) is 4.35. The zero-order chi connectivity index (χ0) is 12.8. The SMILES string of the molecule is CCCNCc1ccc(CN2CCOC(C)C2)s1. The van der Waals surface area contributed by atoms with Gasteiger partial charge in [0.2, 0.25) is 0 Å². The average molecular weight is 268 g/mol. The van der Waals surface area contributed by atoms with Gasteiger partial charge in [0.25, 0.3) is 0 Å². The normalized spacial score (nSPS) is 21.3. The van der Waals surface area contributed by atoms with Crippen LogP contribution in [0, 0.1) is 0 Å². The summed E-state index contributed by atoms with van der Waals surface area (Å²) in [6.07, 6.45) is 1.58. The predicted octanol–water partition coefficient (Wildman–Crippen LogP) is 2.47. The lowest BCUT2D eigenvalue weighted by Gasteiger charge is -2.30. The van der Waals surface area contributed by atoms with Gasteiger partial charge in [-0.2, -0.15) is 0 Å². The van der Waals surface area contributed by atoms with Crippen molar-refractivity contribution in [3.8, 4) is 0 Å². The first kappa shape index (κ1) is 14.0. The second-order valence-electron chi connectivity index (χ2n) is 4.96. The molecule has 4 heteroatoms. The van der Waals surface area contributed by atoms with Crippen LogP contribution < -0.4 is 5.32 Å². The quantitative estimate of drug-likeness (QED) is 0.802. The molecule has 1 aromatic heterocycles. The summed E-state index contributed by atoms with van der Waals surface area (Å²) in [7, 11) is 0. The summed E-state index contributed by atoms with van der Waals surface area (Å²) in [6, 6.07) is 4.53. The second-order valence-corrected chi connectivity index (χ2v) is 6.21. The largest absolute Gasteiger partial charge is 0.376 e. The lowest BCUT2D eigenvalue weighted by atomic mass is 10.3. The number of hydrogen-bond acceptors (Lipinski definition) is 4. The summed E-state index contributed by atoms with van der Waals surface area (Å²) in [6.45, 7) is 10.5. The molecule has 1 aliphatic heterocycles. The first-order valence-electron chi connectivity index (χ1n) is 6.90. The van der Waals surface area contributed by atoms with E-state index in [0.717, 1.165) is 39.3 Å². The Morgan fingerprint density at radius 3 is 3.06 bits per heavy atom. The molecule has 0 spiro atoms. The van der Waals surface area contributed by atoms with Gasteiger partial charge in [-0.1, -0.05) is 6.92 Å². The van der Waals surface area contributed by atoms with Crippen molar-refractivity contribution in [3.05, 3.63) is 21.9 Å². The number of nitrogens with one attached hydrogen (secondary N) is 1. The third-order valence-electron chi connectivity index (χ3n) is 3.15. The average Bonchev–Trinajstić information content (AvgIpc) is 2.77. The Hall–Kier alpha value is -0.420. The van der Waals surface area contributed by atoms with E-state index in [1.165, 1.54) is 16.2 Å². The Morgan fingerprint density at radius 2 is 2.28 bits per heavy atom. The van der Waals surface area contributed by atoms with Crippen LogP contribution in [0.2, 0.25) is 0 Å². The van der Waals surface area contributed by atoms with Crippen LogP contribution >= 0.6 is 11.3 Å². The zero-order valence-electron chi connectivity index (χ0n) is 11.4. The lowest BCUT2D eigenvalue weighted by Crippen LogP contribution is -2.40. The van der Waals surface area contributed by atoms with E-state index in [4.69, 9.17) is 4.74 Å². The molecule has 2 heterocycles. The molecule has 3 nitrogen and oxygen atoms in total. The van der Waals surface area contributed by atoms with Gasteiger partial charge in [0.15, 0.2) is 0 Å². The minimum atomic E-state index is 0.379. The number of rotatable bonds is 6. The predicted molar refractivity (Wildman–Crippen MR) is 77.0 cm³/mol. The Bertz CT molecular complexity index is 353. The van der Waals surface area contributed by atoms with E-state index in [1.54, 1.807) is 0 Å². The van der Waals surface area contributed by atoms with E-state index in [0.29, 0.717) is 6.10 Å². The Labute approximate surface area is 114 Å². The van der Waals surface area contributed by atoms with Crippen molar-refractivity contribution in [1.82, 2.24) is 10.2 Å². The molecule has 102 valence electrons. The molecule has 1 unspecified atom stereocenters. The molecule has 0 aromatic carbocycles. The van der Waals surface area contributed by atoms with Crippen LogP contribution in [0.5, 0.6) is 0 Å². The molecule has 0 amide bonds. The zero-order valence-corrected chi connectivity index (χ0v) is 12.3. The monoisotopic (exact) mass is 268 g/mol. The van der Waals surface area contributed by atoms with E-state index in [2.05, 4.69) is 36.2 Å². The fraction of sp³-hybridized carbons (Fsp3) is 0.714. The van der Waals surface area contributed by atoms with Gasteiger partial charge in [-0.15, -0.1) is 11.3 Å². The van der Waals surface area contributed by atoms with Gasteiger partial charge in [0, 0.05) is 35.9 Å². The van der Waals surface area contributed by atoms with E-state index in [1.807, 2.05) is 11.3 Å². The Balaban J connectivity index is 1.78. The van der Waals surface area contributed by atoms with Crippen molar-refractivity contribution < 1.29 is 4.74 Å². The van der Waals surface area contributed by atoms with Crippen LogP contribution in [0.4, 0.5) is 0 Å². The summed E-state index contributed by atoms with van der Waals surface area (Å²) in [4.78, 5) is 5.40. The van der Waals surface area contributed by atoms with Crippen LogP contribution in [0.3, 0.4) is 0 Å². The van der Waals surface area contributed by atoms with Crippen LogP contribution in [0.25, 0.3) is 0 Å². The molecule has 1 N–H and O–H groups in total. The summed E-state index contributed by atoms with van der Waals surface area (Å²) in [5, 5.41) is 3.45. The lowest BCUT2D eigenvalue weighted by molar-refractivity contribution is -0.0208. The van der Waals surface area contributed by atoms with Gasteiger partial charge in [0.05, 0.1) is 12.7 Å². The van der Waals surface area contributed by atoms with Crippen molar-refractivity contribution in [1.29, 1.82) is 0 Å². The maximum absolute atomic E-state index is 5.57. The first-order chi connectivity index (χ1) is 8.78. The number of hydrogen-bond donors (Lipinski definition) is 1.